The number of aryl methyl sites for hydroxylation is 1. The molecule has 1 rings (SSSR count). The molecule has 1 aromatic carbocycles. The number of rotatable bonds is 21. The summed E-state index contributed by atoms with van der Waals surface area (Å²) in [6, 6.07) is 6.41. The van der Waals surface area contributed by atoms with E-state index in [1.165, 1.54) is 12.1 Å². The Kier molecular flexibility index (Phi) is 38.3. The Morgan fingerprint density at radius 3 is 1.61 bits per heavy atom. The minimum Gasteiger partial charge on any atom is -0.394 e. The molecule has 0 aliphatic carbocycles. The van der Waals surface area contributed by atoms with Gasteiger partial charge in [0.25, 0.3) is 10.1 Å². The number of azide groups is 1. The van der Waals surface area contributed by atoms with Gasteiger partial charge in [0.05, 0.1) is 97.4 Å². The number of likely N-dealkylation sites (N-methyl/N-ethyl adjacent to an activating group) is 1. The van der Waals surface area contributed by atoms with Crippen LogP contribution in [-0.2, 0) is 33.2 Å². The zero-order chi connectivity index (χ0) is 31.5. The molecule has 0 saturated heterocycles. The summed E-state index contributed by atoms with van der Waals surface area (Å²) in [5, 5.41) is 47.2. The molecule has 0 spiro atoms. The molecule has 0 saturated carbocycles. The van der Waals surface area contributed by atoms with E-state index in [4.69, 9.17) is 49.5 Å². The Balaban J connectivity index is -0.000000512. The van der Waals surface area contributed by atoms with E-state index in [0.717, 1.165) is 12.1 Å². The first-order valence-corrected chi connectivity index (χ1v) is 14.2. The number of aliphatic hydroxyl groups is 5. The van der Waals surface area contributed by atoms with Crippen molar-refractivity contribution in [2.24, 2.45) is 5.11 Å². The van der Waals surface area contributed by atoms with Crippen molar-refractivity contribution < 1.29 is 57.1 Å². The third-order valence-corrected chi connectivity index (χ3v) is 5.18. The van der Waals surface area contributed by atoms with Gasteiger partial charge in [0.2, 0.25) is 0 Å². The van der Waals surface area contributed by atoms with Crippen LogP contribution in [0.5, 0.6) is 0 Å². The summed E-state index contributed by atoms with van der Waals surface area (Å²) in [5.74, 6) is 0. The number of ether oxygens (including phenoxy) is 4. The number of benzene rings is 1. The van der Waals surface area contributed by atoms with Gasteiger partial charge in [0.15, 0.2) is 0 Å². The molecule has 17 heteroatoms. The summed E-state index contributed by atoms with van der Waals surface area (Å²) in [6.45, 7) is 5.84. The minimum atomic E-state index is -3.71. The van der Waals surface area contributed by atoms with E-state index in [1.807, 2.05) is 14.0 Å². The summed E-state index contributed by atoms with van der Waals surface area (Å²) >= 11 is 0. The second kappa shape index (κ2) is 36.1. The average Bonchev–Trinajstić information content (AvgIpc) is 2.97. The quantitative estimate of drug-likeness (QED) is 0.0327. The van der Waals surface area contributed by atoms with Gasteiger partial charge in [-0.25, -0.2) is 0 Å². The topological polar surface area (TPSA) is 242 Å². The zero-order valence-corrected chi connectivity index (χ0v) is 24.8. The van der Waals surface area contributed by atoms with Gasteiger partial charge in [-0.2, -0.15) is 8.42 Å². The highest BCUT2D eigenvalue weighted by molar-refractivity contribution is 7.86. The van der Waals surface area contributed by atoms with Gasteiger partial charge in [-0.05, 0) is 31.6 Å². The van der Waals surface area contributed by atoms with Crippen LogP contribution in [0.15, 0.2) is 34.3 Å². The molecule has 1 aromatic rings. The highest BCUT2D eigenvalue weighted by Gasteiger charge is 2.14. The van der Waals surface area contributed by atoms with E-state index < -0.39 is 10.1 Å². The summed E-state index contributed by atoms with van der Waals surface area (Å²) < 4.78 is 47.3. The highest BCUT2D eigenvalue weighted by Crippen LogP contribution is 2.12. The predicted octanol–water partition coefficient (Wildman–Crippen LogP) is -0.783. The van der Waals surface area contributed by atoms with Gasteiger partial charge in [-0.15, -0.1) is 0 Å². The number of nitrogens with one attached hydrogen (secondary N) is 1. The Morgan fingerprint density at radius 2 is 1.17 bits per heavy atom. The third kappa shape index (κ3) is 36.0. The minimum absolute atomic E-state index is 0.0102. The van der Waals surface area contributed by atoms with Crippen molar-refractivity contribution in [3.63, 3.8) is 0 Å². The van der Waals surface area contributed by atoms with Crippen molar-refractivity contribution in [2.45, 2.75) is 11.8 Å². The van der Waals surface area contributed by atoms with Crippen LogP contribution in [0.25, 0.3) is 10.4 Å². The molecule has 242 valence electrons. The number of hydrogen-bond acceptors (Lipinski definition) is 14. The lowest BCUT2D eigenvalue weighted by molar-refractivity contribution is 0.0650. The highest BCUT2D eigenvalue weighted by atomic mass is 32.2. The largest absolute Gasteiger partial charge is 0.394 e. The van der Waals surface area contributed by atoms with E-state index >= 15 is 0 Å². The van der Waals surface area contributed by atoms with Gasteiger partial charge < -0.3 is 49.8 Å². The Hall–Kier alpha value is -1.96. The van der Waals surface area contributed by atoms with Gasteiger partial charge in [-0.1, -0.05) is 22.8 Å². The van der Waals surface area contributed by atoms with Crippen LogP contribution < -0.4 is 5.32 Å². The Labute approximate surface area is 242 Å². The molecule has 0 bridgehead atoms. The van der Waals surface area contributed by atoms with Gasteiger partial charge in [0, 0.05) is 18.0 Å². The third-order valence-electron chi connectivity index (χ3n) is 3.85. The normalized spacial score (nSPS) is 10.2. The fraction of sp³-hybridized carbons (Fsp3) is 0.750. The summed E-state index contributed by atoms with van der Waals surface area (Å²) in [6.07, 6.45) is 0. The lowest BCUT2D eigenvalue weighted by Gasteiger charge is -2.06. The first-order chi connectivity index (χ1) is 19.8. The fourth-order valence-corrected chi connectivity index (χ4v) is 2.92. The van der Waals surface area contributed by atoms with E-state index in [-0.39, 0.29) is 57.8 Å². The standard InChI is InChI=1S/C11H16O5S.C5H13NO2.C4H9N3O2.C4H10O3/c1-10-2-4-11(5-3-10)17(13,14)16-9-8-15-7-6-12;1-6-2-4-8-5-3-7;5-7-6-1-3-9-4-2-8;5-1-3-7-4-2-6/h2-5,12H,6-9H2,1H3;6-7H,2-5H2,1H3;8H,1-4H2;5-6H,1-4H2. The van der Waals surface area contributed by atoms with E-state index in [0.29, 0.717) is 46.2 Å². The molecule has 0 unspecified atom stereocenters. The van der Waals surface area contributed by atoms with Crippen LogP contribution in [0.2, 0.25) is 0 Å². The van der Waals surface area contributed by atoms with Crippen LogP contribution in [0.3, 0.4) is 0 Å². The average molecular weight is 617 g/mol. The van der Waals surface area contributed by atoms with Crippen molar-refractivity contribution in [2.75, 3.05) is 113 Å². The molecule has 0 fully saturated rings. The molecular formula is C24H48N4O12S. The maximum absolute atomic E-state index is 11.6. The molecule has 0 aliphatic heterocycles. The van der Waals surface area contributed by atoms with Crippen LogP contribution in [0.1, 0.15) is 5.56 Å². The van der Waals surface area contributed by atoms with Gasteiger partial charge >= 0.3 is 0 Å². The fourth-order valence-electron chi connectivity index (χ4n) is 2.03. The summed E-state index contributed by atoms with van der Waals surface area (Å²) in [7, 11) is -1.84. The van der Waals surface area contributed by atoms with Crippen molar-refractivity contribution >= 4 is 10.1 Å². The first-order valence-electron chi connectivity index (χ1n) is 12.8. The molecule has 0 amide bonds. The molecule has 0 aliphatic rings. The number of aliphatic hydroxyl groups excluding tert-OH is 5. The predicted molar refractivity (Wildman–Crippen MR) is 151 cm³/mol. The van der Waals surface area contributed by atoms with Crippen LogP contribution >= 0.6 is 0 Å². The molecule has 6 N–H and O–H groups in total. The Morgan fingerprint density at radius 1 is 0.732 bits per heavy atom. The Bertz CT molecular complexity index is 788. The van der Waals surface area contributed by atoms with Crippen LogP contribution in [0, 0.1) is 6.92 Å². The number of nitrogens with zero attached hydrogens (tertiary/aromatic N) is 3. The maximum atomic E-state index is 11.6. The van der Waals surface area contributed by atoms with Crippen molar-refractivity contribution in [1.29, 1.82) is 0 Å². The van der Waals surface area contributed by atoms with Gasteiger partial charge in [-0.3, -0.25) is 4.18 Å². The van der Waals surface area contributed by atoms with E-state index in [2.05, 4.69) is 20.1 Å². The van der Waals surface area contributed by atoms with Crippen LogP contribution in [-0.4, -0.2) is 147 Å². The molecular weight excluding hydrogens is 568 g/mol. The van der Waals surface area contributed by atoms with Crippen molar-refractivity contribution in [1.82, 2.24) is 5.32 Å². The molecule has 0 atom stereocenters. The SMILES string of the molecule is CNCCOCCO.Cc1ccc(S(=O)(=O)OCCOCCO)cc1.OCCOCCO.[N-]=[N+]=NCCOCCO. The summed E-state index contributed by atoms with van der Waals surface area (Å²) in [5.41, 5.74) is 8.76. The molecule has 0 heterocycles. The molecule has 0 aromatic heterocycles. The smallest absolute Gasteiger partial charge is 0.297 e. The first kappa shape index (κ1) is 43.5. The summed E-state index contributed by atoms with van der Waals surface area (Å²) in [4.78, 5) is 2.65. The molecule has 41 heavy (non-hydrogen) atoms. The van der Waals surface area contributed by atoms with E-state index in [1.54, 1.807) is 12.1 Å². The van der Waals surface area contributed by atoms with Crippen molar-refractivity contribution in [3.8, 4) is 0 Å². The second-order valence-electron chi connectivity index (χ2n) is 7.21. The number of hydrogen-bond donors (Lipinski definition) is 6. The van der Waals surface area contributed by atoms with Crippen molar-refractivity contribution in [3.05, 3.63) is 40.3 Å². The molecule has 16 nitrogen and oxygen atoms in total. The van der Waals surface area contributed by atoms with Gasteiger partial charge in [0.1, 0.15) is 0 Å². The monoisotopic (exact) mass is 616 g/mol. The molecule has 0 radical (unpaired) electrons. The maximum Gasteiger partial charge on any atom is 0.297 e. The second-order valence-corrected chi connectivity index (χ2v) is 8.83. The lowest BCUT2D eigenvalue weighted by atomic mass is 10.2. The lowest BCUT2D eigenvalue weighted by Crippen LogP contribution is -2.15. The zero-order valence-electron chi connectivity index (χ0n) is 24.0. The van der Waals surface area contributed by atoms with E-state index in [9.17, 15) is 8.42 Å². The van der Waals surface area contributed by atoms with Crippen LogP contribution in [0.4, 0.5) is 0 Å².